The molecule has 0 aliphatic carbocycles. The molecule has 94 valence electrons. The molecule has 2 aromatic rings. The minimum absolute atomic E-state index is 0.580. The highest BCUT2D eigenvalue weighted by Crippen LogP contribution is 2.23. The number of anilines is 3. The van der Waals surface area contributed by atoms with E-state index < -0.39 is 0 Å². The van der Waals surface area contributed by atoms with Gasteiger partial charge in [0.2, 0.25) is 0 Å². The number of hydrazine groups is 1. The van der Waals surface area contributed by atoms with E-state index in [1.807, 2.05) is 32.0 Å². The van der Waals surface area contributed by atoms with E-state index in [0.29, 0.717) is 17.5 Å². The summed E-state index contributed by atoms with van der Waals surface area (Å²) in [7, 11) is 0. The predicted molar refractivity (Wildman–Crippen MR) is 76.7 cm³/mol. The number of aryl methyl sites for hydroxylation is 2. The van der Waals surface area contributed by atoms with Gasteiger partial charge in [0.15, 0.2) is 0 Å². The third kappa shape index (κ3) is 2.96. The number of aromatic nitrogens is 2. The van der Waals surface area contributed by atoms with Gasteiger partial charge < -0.3 is 10.7 Å². The van der Waals surface area contributed by atoms with Crippen molar-refractivity contribution in [3.63, 3.8) is 0 Å². The number of hydrogen-bond donors (Lipinski definition) is 3. The first-order valence-electron chi connectivity index (χ1n) is 5.44. The van der Waals surface area contributed by atoms with Crippen molar-refractivity contribution in [2.75, 3.05) is 10.7 Å². The van der Waals surface area contributed by atoms with Gasteiger partial charge in [-0.25, -0.2) is 15.8 Å². The summed E-state index contributed by atoms with van der Waals surface area (Å²) in [5, 5.41) is 3.21. The Morgan fingerprint density at radius 3 is 2.50 bits per heavy atom. The molecular formula is C12H14BrN5. The van der Waals surface area contributed by atoms with Crippen LogP contribution in [0.1, 0.15) is 11.4 Å². The van der Waals surface area contributed by atoms with E-state index in [9.17, 15) is 0 Å². The number of rotatable bonds is 3. The zero-order chi connectivity index (χ0) is 13.1. The topological polar surface area (TPSA) is 75.9 Å². The Hall–Kier alpha value is -1.66. The van der Waals surface area contributed by atoms with E-state index in [0.717, 1.165) is 10.2 Å². The summed E-state index contributed by atoms with van der Waals surface area (Å²) in [4.78, 5) is 8.43. The van der Waals surface area contributed by atoms with Gasteiger partial charge in [0.05, 0.1) is 0 Å². The molecule has 0 atom stereocenters. The van der Waals surface area contributed by atoms with Crippen molar-refractivity contribution < 1.29 is 0 Å². The molecule has 1 aromatic heterocycles. The lowest BCUT2D eigenvalue weighted by Gasteiger charge is -2.09. The Morgan fingerprint density at radius 1 is 1.11 bits per heavy atom. The van der Waals surface area contributed by atoms with Gasteiger partial charge in [-0.3, -0.25) is 0 Å². The maximum absolute atomic E-state index is 5.35. The average molecular weight is 308 g/mol. The summed E-state index contributed by atoms with van der Waals surface area (Å²) < 4.78 is 1.05. The quantitative estimate of drug-likeness (QED) is 0.600. The van der Waals surface area contributed by atoms with Gasteiger partial charge in [0.1, 0.15) is 17.5 Å². The molecule has 2 rings (SSSR count). The number of hydrogen-bond acceptors (Lipinski definition) is 5. The second-order valence-electron chi connectivity index (χ2n) is 3.92. The highest BCUT2D eigenvalue weighted by atomic mass is 79.9. The molecule has 4 N–H and O–H groups in total. The molecule has 18 heavy (non-hydrogen) atoms. The van der Waals surface area contributed by atoms with Crippen LogP contribution in [0.3, 0.4) is 0 Å². The van der Waals surface area contributed by atoms with E-state index in [1.165, 1.54) is 5.56 Å². The van der Waals surface area contributed by atoms with Gasteiger partial charge in [-0.2, -0.15) is 0 Å². The Bertz CT molecular complexity index is 570. The fourth-order valence-corrected chi connectivity index (χ4v) is 1.90. The van der Waals surface area contributed by atoms with Gasteiger partial charge in [-0.05, 0) is 31.5 Å². The summed E-state index contributed by atoms with van der Waals surface area (Å²) >= 11 is 3.50. The first kappa shape index (κ1) is 12.8. The summed E-state index contributed by atoms with van der Waals surface area (Å²) in [5.41, 5.74) is 4.65. The van der Waals surface area contributed by atoms with Crippen LogP contribution >= 0.6 is 15.9 Å². The molecule has 0 aliphatic heterocycles. The Morgan fingerprint density at radius 2 is 1.83 bits per heavy atom. The number of nitrogen functional groups attached to an aromatic ring is 1. The van der Waals surface area contributed by atoms with Crippen LogP contribution in [-0.2, 0) is 0 Å². The second kappa shape index (κ2) is 5.32. The van der Waals surface area contributed by atoms with Crippen molar-refractivity contribution in [3.05, 3.63) is 40.1 Å². The van der Waals surface area contributed by atoms with E-state index in [1.54, 1.807) is 6.07 Å². The molecule has 0 spiro atoms. The standard InChI is InChI=1S/C12H14BrN5/c1-7-3-4-9(5-10(7)13)17-11-6-12(18-14)16-8(2)15-11/h3-6H,14H2,1-2H3,(H2,15,16,17,18). The van der Waals surface area contributed by atoms with Crippen LogP contribution in [0.25, 0.3) is 0 Å². The average Bonchev–Trinajstić information content (AvgIpc) is 2.33. The van der Waals surface area contributed by atoms with Crippen molar-refractivity contribution >= 4 is 33.3 Å². The molecule has 0 aliphatic rings. The van der Waals surface area contributed by atoms with Crippen molar-refractivity contribution in [1.29, 1.82) is 0 Å². The van der Waals surface area contributed by atoms with Crippen LogP contribution in [0.15, 0.2) is 28.7 Å². The highest BCUT2D eigenvalue weighted by molar-refractivity contribution is 9.10. The largest absolute Gasteiger partial charge is 0.340 e. The normalized spacial score (nSPS) is 10.2. The first-order chi connectivity index (χ1) is 8.58. The lowest BCUT2D eigenvalue weighted by molar-refractivity contribution is 1.05. The minimum atomic E-state index is 0.580. The third-order valence-corrected chi connectivity index (χ3v) is 3.28. The van der Waals surface area contributed by atoms with Gasteiger partial charge in [-0.1, -0.05) is 22.0 Å². The molecule has 6 heteroatoms. The highest BCUT2D eigenvalue weighted by Gasteiger charge is 2.02. The molecular weight excluding hydrogens is 294 g/mol. The van der Waals surface area contributed by atoms with E-state index in [2.05, 4.69) is 36.6 Å². The van der Waals surface area contributed by atoms with Gasteiger partial charge in [0.25, 0.3) is 0 Å². The third-order valence-electron chi connectivity index (χ3n) is 2.43. The Labute approximate surface area is 114 Å². The van der Waals surface area contributed by atoms with Crippen LogP contribution in [0.2, 0.25) is 0 Å². The van der Waals surface area contributed by atoms with Gasteiger partial charge in [0, 0.05) is 16.2 Å². The molecule has 0 amide bonds. The van der Waals surface area contributed by atoms with E-state index in [-0.39, 0.29) is 0 Å². The van der Waals surface area contributed by atoms with E-state index in [4.69, 9.17) is 5.84 Å². The predicted octanol–water partition coefficient (Wildman–Crippen LogP) is 2.89. The molecule has 5 nitrogen and oxygen atoms in total. The fourth-order valence-electron chi connectivity index (χ4n) is 1.52. The molecule has 0 bridgehead atoms. The maximum atomic E-state index is 5.35. The Kier molecular flexibility index (Phi) is 3.78. The number of nitrogens with zero attached hydrogens (tertiary/aromatic N) is 2. The summed E-state index contributed by atoms with van der Waals surface area (Å²) in [6.45, 7) is 3.86. The maximum Gasteiger partial charge on any atom is 0.145 e. The van der Waals surface area contributed by atoms with Crippen LogP contribution < -0.4 is 16.6 Å². The molecule has 0 radical (unpaired) electrons. The lowest BCUT2D eigenvalue weighted by atomic mass is 10.2. The molecule has 0 fully saturated rings. The lowest BCUT2D eigenvalue weighted by Crippen LogP contribution is -2.10. The second-order valence-corrected chi connectivity index (χ2v) is 4.77. The zero-order valence-corrected chi connectivity index (χ0v) is 11.7. The summed E-state index contributed by atoms with van der Waals surface area (Å²) in [6, 6.07) is 7.78. The van der Waals surface area contributed by atoms with Crippen LogP contribution in [-0.4, -0.2) is 9.97 Å². The summed E-state index contributed by atoms with van der Waals surface area (Å²) in [6.07, 6.45) is 0. The van der Waals surface area contributed by atoms with Crippen molar-refractivity contribution in [1.82, 2.24) is 9.97 Å². The molecule has 1 heterocycles. The number of benzene rings is 1. The molecule has 0 unspecified atom stereocenters. The zero-order valence-electron chi connectivity index (χ0n) is 10.2. The molecule has 0 saturated heterocycles. The molecule has 0 saturated carbocycles. The molecule has 1 aromatic carbocycles. The number of nitrogens with one attached hydrogen (secondary N) is 2. The first-order valence-corrected chi connectivity index (χ1v) is 6.23. The summed E-state index contributed by atoms with van der Waals surface area (Å²) in [5.74, 6) is 7.28. The number of nitrogens with two attached hydrogens (primary N) is 1. The smallest absolute Gasteiger partial charge is 0.145 e. The van der Waals surface area contributed by atoms with Crippen LogP contribution in [0, 0.1) is 13.8 Å². The number of halogens is 1. The SMILES string of the molecule is Cc1nc(NN)cc(Nc2ccc(C)c(Br)c2)n1. The van der Waals surface area contributed by atoms with Gasteiger partial charge >= 0.3 is 0 Å². The van der Waals surface area contributed by atoms with Crippen molar-refractivity contribution in [3.8, 4) is 0 Å². The van der Waals surface area contributed by atoms with Crippen LogP contribution in [0.5, 0.6) is 0 Å². The Balaban J connectivity index is 2.27. The van der Waals surface area contributed by atoms with E-state index >= 15 is 0 Å². The fraction of sp³-hybridized carbons (Fsp3) is 0.167. The van der Waals surface area contributed by atoms with Crippen molar-refractivity contribution in [2.45, 2.75) is 13.8 Å². The monoisotopic (exact) mass is 307 g/mol. The van der Waals surface area contributed by atoms with Crippen LogP contribution in [0.4, 0.5) is 17.3 Å². The van der Waals surface area contributed by atoms with Gasteiger partial charge in [-0.15, -0.1) is 0 Å². The van der Waals surface area contributed by atoms with Crippen molar-refractivity contribution in [2.24, 2.45) is 5.84 Å². The minimum Gasteiger partial charge on any atom is -0.340 e.